The van der Waals surface area contributed by atoms with Gasteiger partial charge in [-0.1, -0.05) is 0 Å². The lowest BCUT2D eigenvalue weighted by molar-refractivity contribution is -0.160. The van der Waals surface area contributed by atoms with Crippen LogP contribution in [0.1, 0.15) is 6.92 Å². The molecule has 0 aromatic carbocycles. The van der Waals surface area contributed by atoms with Crippen LogP contribution in [-0.4, -0.2) is 59.8 Å². The summed E-state index contributed by atoms with van der Waals surface area (Å²) >= 11 is 0. The average Bonchev–Trinajstić information content (AvgIpc) is 2.15. The van der Waals surface area contributed by atoms with Crippen LogP contribution in [0.5, 0.6) is 0 Å². The molecule has 14 heavy (non-hydrogen) atoms. The van der Waals surface area contributed by atoms with Crippen LogP contribution in [0.25, 0.3) is 0 Å². The molecule has 0 spiro atoms. The van der Waals surface area contributed by atoms with E-state index in [0.29, 0.717) is 0 Å². The second-order valence-electron chi connectivity index (χ2n) is 3.23. The quantitative estimate of drug-likeness (QED) is 0.371. The molecule has 0 rings (SSSR count). The molecular formula is C8H17NO5. The Morgan fingerprint density at radius 3 is 2.64 bits per heavy atom. The van der Waals surface area contributed by atoms with E-state index < -0.39 is 17.7 Å². The van der Waals surface area contributed by atoms with Crippen molar-refractivity contribution in [2.24, 2.45) is 0 Å². The summed E-state index contributed by atoms with van der Waals surface area (Å²) in [5.41, 5.74) is -1.62. The Morgan fingerprint density at radius 2 is 2.21 bits per heavy atom. The van der Waals surface area contributed by atoms with Crippen molar-refractivity contribution in [2.75, 3.05) is 26.8 Å². The number of rotatable bonds is 6. The third-order valence-electron chi connectivity index (χ3n) is 1.69. The number of esters is 1. The van der Waals surface area contributed by atoms with Crippen LogP contribution in [0.2, 0.25) is 0 Å². The van der Waals surface area contributed by atoms with Crippen molar-refractivity contribution < 1.29 is 24.9 Å². The summed E-state index contributed by atoms with van der Waals surface area (Å²) in [5, 5.41) is 29.5. The number of hydrogen-bond acceptors (Lipinski definition) is 6. The predicted octanol–water partition coefficient (Wildman–Crippen LogP) is -2.15. The van der Waals surface area contributed by atoms with E-state index in [1.165, 1.54) is 14.0 Å². The van der Waals surface area contributed by atoms with Crippen molar-refractivity contribution in [2.45, 2.75) is 18.6 Å². The largest absolute Gasteiger partial charge is 0.467 e. The maximum atomic E-state index is 11.0. The SMILES string of the molecule is COC(=O)C(C)(O)CNCC(O)CO. The van der Waals surface area contributed by atoms with Gasteiger partial charge < -0.3 is 25.4 Å². The van der Waals surface area contributed by atoms with Crippen molar-refractivity contribution in [3.05, 3.63) is 0 Å². The van der Waals surface area contributed by atoms with Gasteiger partial charge >= 0.3 is 5.97 Å². The first-order chi connectivity index (χ1) is 6.44. The number of aliphatic hydroxyl groups excluding tert-OH is 2. The Labute approximate surface area is 82.5 Å². The lowest BCUT2D eigenvalue weighted by Gasteiger charge is -2.21. The van der Waals surface area contributed by atoms with Gasteiger partial charge in [0.05, 0.1) is 19.8 Å². The monoisotopic (exact) mass is 207 g/mol. The molecule has 0 bridgehead atoms. The highest BCUT2D eigenvalue weighted by Crippen LogP contribution is 2.03. The summed E-state index contributed by atoms with van der Waals surface area (Å²) in [6.45, 7) is 0.991. The first kappa shape index (κ1) is 13.3. The minimum atomic E-state index is -1.62. The van der Waals surface area contributed by atoms with E-state index in [2.05, 4.69) is 10.1 Å². The standard InChI is InChI=1S/C8H17NO5/c1-8(13,7(12)14-2)5-9-3-6(11)4-10/h6,9-11,13H,3-5H2,1-2H3. The van der Waals surface area contributed by atoms with Crippen LogP contribution < -0.4 is 5.32 Å². The van der Waals surface area contributed by atoms with Crippen molar-refractivity contribution in [3.8, 4) is 0 Å². The molecule has 0 amide bonds. The molecule has 0 aliphatic rings. The normalized spacial score (nSPS) is 17.2. The van der Waals surface area contributed by atoms with Gasteiger partial charge in [-0.2, -0.15) is 0 Å². The zero-order valence-corrected chi connectivity index (χ0v) is 8.36. The topological polar surface area (TPSA) is 99.0 Å². The first-order valence-corrected chi connectivity index (χ1v) is 4.24. The highest BCUT2D eigenvalue weighted by molar-refractivity contribution is 5.78. The lowest BCUT2D eigenvalue weighted by Crippen LogP contribution is -2.47. The predicted molar refractivity (Wildman–Crippen MR) is 48.6 cm³/mol. The molecule has 2 unspecified atom stereocenters. The Kier molecular flexibility index (Phi) is 5.63. The molecule has 0 aromatic rings. The third-order valence-corrected chi connectivity index (χ3v) is 1.69. The first-order valence-electron chi connectivity index (χ1n) is 4.24. The Balaban J connectivity index is 3.82. The van der Waals surface area contributed by atoms with Crippen molar-refractivity contribution in [1.82, 2.24) is 5.32 Å². The number of aliphatic hydroxyl groups is 3. The smallest absolute Gasteiger partial charge is 0.338 e. The number of nitrogens with one attached hydrogen (secondary N) is 1. The van der Waals surface area contributed by atoms with Gasteiger partial charge in [-0.3, -0.25) is 0 Å². The molecule has 0 saturated carbocycles. The zero-order valence-electron chi connectivity index (χ0n) is 8.36. The highest BCUT2D eigenvalue weighted by Gasteiger charge is 2.30. The van der Waals surface area contributed by atoms with Gasteiger partial charge in [-0.15, -0.1) is 0 Å². The summed E-state index contributed by atoms with van der Waals surface area (Å²) in [4.78, 5) is 11.0. The maximum Gasteiger partial charge on any atom is 0.338 e. The molecule has 2 atom stereocenters. The fourth-order valence-electron chi connectivity index (χ4n) is 0.839. The average molecular weight is 207 g/mol. The van der Waals surface area contributed by atoms with Crippen molar-refractivity contribution >= 4 is 5.97 Å². The minimum absolute atomic E-state index is 0.0449. The highest BCUT2D eigenvalue weighted by atomic mass is 16.5. The summed E-state index contributed by atoms with van der Waals surface area (Å²) in [6, 6.07) is 0. The van der Waals surface area contributed by atoms with Gasteiger partial charge in [0.15, 0.2) is 5.60 Å². The molecule has 6 heteroatoms. The van der Waals surface area contributed by atoms with Crippen LogP contribution in [0.15, 0.2) is 0 Å². The second-order valence-corrected chi connectivity index (χ2v) is 3.23. The van der Waals surface area contributed by atoms with Crippen LogP contribution in [0.3, 0.4) is 0 Å². The molecular weight excluding hydrogens is 190 g/mol. The number of carbonyl (C=O) groups excluding carboxylic acids is 1. The Bertz CT molecular complexity index is 183. The number of ether oxygens (including phenoxy) is 1. The van der Waals surface area contributed by atoms with Crippen LogP contribution >= 0.6 is 0 Å². The van der Waals surface area contributed by atoms with E-state index in [-0.39, 0.29) is 19.7 Å². The minimum Gasteiger partial charge on any atom is -0.467 e. The molecule has 4 N–H and O–H groups in total. The van der Waals surface area contributed by atoms with Crippen molar-refractivity contribution in [3.63, 3.8) is 0 Å². The van der Waals surface area contributed by atoms with Gasteiger partial charge in [0, 0.05) is 13.1 Å². The molecule has 0 radical (unpaired) electrons. The maximum absolute atomic E-state index is 11.0. The summed E-state index contributed by atoms with van der Waals surface area (Å²) in [7, 11) is 1.18. The Morgan fingerprint density at radius 1 is 1.64 bits per heavy atom. The van der Waals surface area contributed by atoms with Gasteiger partial charge in [-0.25, -0.2) is 4.79 Å². The molecule has 0 saturated heterocycles. The second kappa shape index (κ2) is 5.92. The van der Waals surface area contributed by atoms with E-state index in [0.717, 1.165) is 0 Å². The summed E-state index contributed by atoms with van der Waals surface area (Å²) in [6.07, 6.45) is -0.900. The number of carbonyl (C=O) groups is 1. The number of methoxy groups -OCH3 is 1. The van der Waals surface area contributed by atoms with Crippen LogP contribution in [0.4, 0.5) is 0 Å². The fourth-order valence-corrected chi connectivity index (χ4v) is 0.839. The number of hydrogen-bond donors (Lipinski definition) is 4. The molecule has 0 aromatic heterocycles. The lowest BCUT2D eigenvalue weighted by atomic mass is 10.1. The molecule has 0 aliphatic carbocycles. The van der Waals surface area contributed by atoms with E-state index >= 15 is 0 Å². The molecule has 0 aliphatic heterocycles. The molecule has 6 nitrogen and oxygen atoms in total. The van der Waals surface area contributed by atoms with E-state index in [4.69, 9.17) is 10.2 Å². The van der Waals surface area contributed by atoms with Gasteiger partial charge in [0.25, 0.3) is 0 Å². The van der Waals surface area contributed by atoms with Crippen molar-refractivity contribution in [1.29, 1.82) is 0 Å². The fraction of sp³-hybridized carbons (Fsp3) is 0.875. The van der Waals surface area contributed by atoms with Gasteiger partial charge in [0.1, 0.15) is 0 Å². The van der Waals surface area contributed by atoms with Gasteiger partial charge in [-0.05, 0) is 6.92 Å². The summed E-state index contributed by atoms with van der Waals surface area (Å²) in [5.74, 6) is -0.747. The van der Waals surface area contributed by atoms with Crippen LogP contribution in [0, 0.1) is 0 Å². The third kappa shape index (κ3) is 4.52. The molecule has 0 heterocycles. The molecule has 84 valence electrons. The van der Waals surface area contributed by atoms with E-state index in [1.807, 2.05) is 0 Å². The van der Waals surface area contributed by atoms with E-state index in [1.54, 1.807) is 0 Å². The van der Waals surface area contributed by atoms with Gasteiger partial charge in [0.2, 0.25) is 0 Å². The van der Waals surface area contributed by atoms with Crippen LogP contribution in [-0.2, 0) is 9.53 Å². The van der Waals surface area contributed by atoms with E-state index in [9.17, 15) is 9.90 Å². The summed E-state index contributed by atoms with van der Waals surface area (Å²) < 4.78 is 4.36. The Hall–Kier alpha value is -0.690. The zero-order chi connectivity index (χ0) is 11.2. The molecule has 0 fully saturated rings.